The van der Waals surface area contributed by atoms with Gasteiger partial charge in [-0.05, 0) is 49.7 Å². The predicted molar refractivity (Wildman–Crippen MR) is 70.7 cm³/mol. The molecule has 1 N–H and O–H groups in total. The monoisotopic (exact) mass is 262 g/mol. The summed E-state index contributed by atoms with van der Waals surface area (Å²) in [5.41, 5.74) is 1.59. The number of nitrogens with zero attached hydrogens (tertiary/aromatic N) is 1. The van der Waals surface area contributed by atoms with Crippen LogP contribution in [0.15, 0.2) is 42.6 Å². The zero-order valence-electron chi connectivity index (χ0n) is 10.7. The molecule has 0 aliphatic carbocycles. The number of hydrogen-bond acceptors (Lipinski definition) is 2. The summed E-state index contributed by atoms with van der Waals surface area (Å²) in [6.45, 7) is 0. The van der Waals surface area contributed by atoms with E-state index in [1.807, 2.05) is 18.2 Å². The molecule has 0 spiro atoms. The standard InChI is InChI=1S/C15H16F2N2/c1-18-15(6-5-14-4-2-3-7-19-14)11-8-12(16)10-13(17)9-11/h2-4,7-10,15,18H,5-6H2,1H3. The van der Waals surface area contributed by atoms with Gasteiger partial charge in [-0.1, -0.05) is 6.07 Å². The molecule has 1 heterocycles. The van der Waals surface area contributed by atoms with E-state index in [1.54, 1.807) is 13.2 Å². The first-order valence-electron chi connectivity index (χ1n) is 6.22. The second kappa shape index (κ2) is 6.38. The number of benzene rings is 1. The molecule has 0 radical (unpaired) electrons. The third-order valence-electron chi connectivity index (χ3n) is 3.05. The topological polar surface area (TPSA) is 24.9 Å². The lowest BCUT2D eigenvalue weighted by Gasteiger charge is -2.16. The SMILES string of the molecule is CNC(CCc1ccccn1)c1cc(F)cc(F)c1. The largest absolute Gasteiger partial charge is 0.313 e. The van der Waals surface area contributed by atoms with Crippen LogP contribution in [-0.4, -0.2) is 12.0 Å². The third kappa shape index (κ3) is 3.83. The molecule has 4 heteroatoms. The van der Waals surface area contributed by atoms with E-state index in [1.165, 1.54) is 12.1 Å². The molecule has 1 atom stereocenters. The minimum Gasteiger partial charge on any atom is -0.313 e. The van der Waals surface area contributed by atoms with Gasteiger partial charge in [0.1, 0.15) is 11.6 Å². The molecule has 0 aliphatic heterocycles. The van der Waals surface area contributed by atoms with Crippen LogP contribution in [-0.2, 0) is 6.42 Å². The van der Waals surface area contributed by atoms with Crippen molar-refractivity contribution in [2.75, 3.05) is 7.05 Å². The number of halogens is 2. The summed E-state index contributed by atoms with van der Waals surface area (Å²) in [7, 11) is 1.78. The predicted octanol–water partition coefficient (Wildman–Crippen LogP) is 3.25. The molecule has 0 aliphatic rings. The molecular weight excluding hydrogens is 246 g/mol. The van der Waals surface area contributed by atoms with Crippen LogP contribution in [0.3, 0.4) is 0 Å². The molecule has 0 saturated carbocycles. The molecule has 1 aromatic carbocycles. The van der Waals surface area contributed by atoms with Gasteiger partial charge in [0.2, 0.25) is 0 Å². The second-order valence-corrected chi connectivity index (χ2v) is 4.40. The Labute approximate surface area is 111 Å². The van der Waals surface area contributed by atoms with E-state index in [-0.39, 0.29) is 6.04 Å². The van der Waals surface area contributed by atoms with Gasteiger partial charge in [0.05, 0.1) is 0 Å². The summed E-state index contributed by atoms with van der Waals surface area (Å²) in [6.07, 6.45) is 3.23. The summed E-state index contributed by atoms with van der Waals surface area (Å²) in [4.78, 5) is 4.24. The Hall–Kier alpha value is -1.81. The van der Waals surface area contributed by atoms with Gasteiger partial charge >= 0.3 is 0 Å². The van der Waals surface area contributed by atoms with Gasteiger partial charge < -0.3 is 5.32 Å². The first-order chi connectivity index (χ1) is 9.19. The van der Waals surface area contributed by atoms with Crippen LogP contribution >= 0.6 is 0 Å². The highest BCUT2D eigenvalue weighted by molar-refractivity contribution is 5.21. The van der Waals surface area contributed by atoms with Crippen molar-refractivity contribution in [1.29, 1.82) is 0 Å². The number of pyridine rings is 1. The molecular formula is C15H16F2N2. The van der Waals surface area contributed by atoms with Crippen molar-refractivity contribution in [3.8, 4) is 0 Å². The quantitative estimate of drug-likeness (QED) is 0.894. The highest BCUT2D eigenvalue weighted by Crippen LogP contribution is 2.20. The normalized spacial score (nSPS) is 12.4. The van der Waals surface area contributed by atoms with Gasteiger partial charge in [-0.25, -0.2) is 8.78 Å². The van der Waals surface area contributed by atoms with Crippen molar-refractivity contribution in [2.45, 2.75) is 18.9 Å². The lowest BCUT2D eigenvalue weighted by Crippen LogP contribution is -2.17. The van der Waals surface area contributed by atoms with E-state index in [4.69, 9.17) is 0 Å². The van der Waals surface area contributed by atoms with Crippen molar-refractivity contribution in [2.24, 2.45) is 0 Å². The summed E-state index contributed by atoms with van der Waals surface area (Å²) in [6, 6.07) is 9.26. The Morgan fingerprint density at radius 2 is 1.89 bits per heavy atom. The molecule has 1 aromatic heterocycles. The highest BCUT2D eigenvalue weighted by atomic mass is 19.1. The minimum absolute atomic E-state index is 0.0905. The summed E-state index contributed by atoms with van der Waals surface area (Å²) < 4.78 is 26.4. The number of rotatable bonds is 5. The summed E-state index contributed by atoms with van der Waals surface area (Å²) in [5, 5.41) is 3.08. The second-order valence-electron chi connectivity index (χ2n) is 4.40. The molecule has 0 amide bonds. The molecule has 0 saturated heterocycles. The van der Waals surface area contributed by atoms with Crippen LogP contribution in [0.5, 0.6) is 0 Å². The number of aromatic nitrogens is 1. The fourth-order valence-corrected chi connectivity index (χ4v) is 2.09. The minimum atomic E-state index is -0.548. The maximum atomic E-state index is 13.2. The average molecular weight is 262 g/mol. The maximum Gasteiger partial charge on any atom is 0.126 e. The van der Waals surface area contributed by atoms with Crippen LogP contribution < -0.4 is 5.32 Å². The van der Waals surface area contributed by atoms with Gasteiger partial charge in [0.25, 0.3) is 0 Å². The van der Waals surface area contributed by atoms with Crippen LogP contribution in [0.25, 0.3) is 0 Å². The van der Waals surface area contributed by atoms with Crippen LogP contribution in [0.4, 0.5) is 8.78 Å². The number of aryl methyl sites for hydroxylation is 1. The Kier molecular flexibility index (Phi) is 4.58. The fraction of sp³-hybridized carbons (Fsp3) is 0.267. The van der Waals surface area contributed by atoms with E-state index in [0.717, 1.165) is 24.6 Å². The zero-order chi connectivity index (χ0) is 13.7. The molecule has 2 rings (SSSR count). The maximum absolute atomic E-state index is 13.2. The van der Waals surface area contributed by atoms with E-state index in [2.05, 4.69) is 10.3 Å². The van der Waals surface area contributed by atoms with Gasteiger partial charge in [-0.15, -0.1) is 0 Å². The van der Waals surface area contributed by atoms with Crippen LogP contribution in [0, 0.1) is 11.6 Å². The molecule has 1 unspecified atom stereocenters. The lowest BCUT2D eigenvalue weighted by atomic mass is 10.0. The molecule has 2 nitrogen and oxygen atoms in total. The van der Waals surface area contributed by atoms with Crippen LogP contribution in [0.1, 0.15) is 23.7 Å². The first kappa shape index (κ1) is 13.6. The molecule has 0 bridgehead atoms. The molecule has 0 fully saturated rings. The fourth-order valence-electron chi connectivity index (χ4n) is 2.09. The van der Waals surface area contributed by atoms with E-state index < -0.39 is 11.6 Å². The van der Waals surface area contributed by atoms with Gasteiger partial charge in [-0.3, -0.25) is 4.98 Å². The molecule has 19 heavy (non-hydrogen) atoms. The zero-order valence-corrected chi connectivity index (χ0v) is 10.7. The van der Waals surface area contributed by atoms with Crippen molar-refractivity contribution in [3.05, 3.63) is 65.5 Å². The smallest absolute Gasteiger partial charge is 0.126 e. The Bertz CT molecular complexity index is 509. The molecule has 100 valence electrons. The first-order valence-corrected chi connectivity index (χ1v) is 6.22. The van der Waals surface area contributed by atoms with Crippen molar-refractivity contribution < 1.29 is 8.78 Å². The van der Waals surface area contributed by atoms with Crippen molar-refractivity contribution >= 4 is 0 Å². The highest BCUT2D eigenvalue weighted by Gasteiger charge is 2.12. The molecule has 2 aromatic rings. The van der Waals surface area contributed by atoms with E-state index >= 15 is 0 Å². The third-order valence-corrected chi connectivity index (χ3v) is 3.05. The summed E-state index contributed by atoms with van der Waals surface area (Å²) >= 11 is 0. The van der Waals surface area contributed by atoms with Crippen molar-refractivity contribution in [3.63, 3.8) is 0 Å². The van der Waals surface area contributed by atoms with Gasteiger partial charge in [0, 0.05) is 24.0 Å². The summed E-state index contributed by atoms with van der Waals surface area (Å²) in [5.74, 6) is -1.10. The van der Waals surface area contributed by atoms with Crippen molar-refractivity contribution in [1.82, 2.24) is 10.3 Å². The average Bonchev–Trinajstić information content (AvgIpc) is 2.39. The number of hydrogen-bond donors (Lipinski definition) is 1. The Morgan fingerprint density at radius 1 is 1.16 bits per heavy atom. The van der Waals surface area contributed by atoms with E-state index in [0.29, 0.717) is 5.56 Å². The Morgan fingerprint density at radius 3 is 2.47 bits per heavy atom. The number of nitrogens with one attached hydrogen (secondary N) is 1. The Balaban J connectivity index is 2.07. The van der Waals surface area contributed by atoms with Gasteiger partial charge in [-0.2, -0.15) is 0 Å². The lowest BCUT2D eigenvalue weighted by molar-refractivity contribution is 0.526. The van der Waals surface area contributed by atoms with Crippen LogP contribution in [0.2, 0.25) is 0 Å². The van der Waals surface area contributed by atoms with Gasteiger partial charge in [0.15, 0.2) is 0 Å². The van der Waals surface area contributed by atoms with E-state index in [9.17, 15) is 8.78 Å².